The molecule has 0 aliphatic heterocycles. The number of carboxylic acids is 1. The van der Waals surface area contributed by atoms with Gasteiger partial charge in [-0.15, -0.1) is 0 Å². The standard InChI is InChI=1S/C20H26O2/c21-19(22)16-6-10-5-15(16)17(7-10)20-13-3-1-11(8-13)18(20)12-2-4-14(20)9-12/h7,10-16,18H,1-6,8-9H2,(H,21,22). The maximum Gasteiger partial charge on any atom is 0.307 e. The van der Waals surface area contributed by atoms with Crippen molar-refractivity contribution < 1.29 is 9.90 Å². The topological polar surface area (TPSA) is 37.3 Å². The summed E-state index contributed by atoms with van der Waals surface area (Å²) in [5, 5.41) is 9.67. The van der Waals surface area contributed by atoms with Gasteiger partial charge in [0, 0.05) is 5.41 Å². The summed E-state index contributed by atoms with van der Waals surface area (Å²) in [7, 11) is 0. The number of allylic oxidation sites excluding steroid dienone is 2. The van der Waals surface area contributed by atoms with Gasteiger partial charge in [-0.2, -0.15) is 0 Å². The molecule has 0 aromatic carbocycles. The summed E-state index contributed by atoms with van der Waals surface area (Å²) < 4.78 is 0. The monoisotopic (exact) mass is 298 g/mol. The van der Waals surface area contributed by atoms with Crippen LogP contribution in [0.2, 0.25) is 0 Å². The lowest BCUT2D eigenvalue weighted by molar-refractivity contribution is -0.143. The van der Waals surface area contributed by atoms with E-state index in [1.807, 2.05) is 0 Å². The molecule has 1 N–H and O–H groups in total. The third kappa shape index (κ3) is 1.19. The first-order chi connectivity index (χ1) is 10.7. The molecule has 6 rings (SSSR count). The molecule has 22 heavy (non-hydrogen) atoms. The van der Waals surface area contributed by atoms with E-state index in [4.69, 9.17) is 0 Å². The molecule has 2 heteroatoms. The zero-order valence-corrected chi connectivity index (χ0v) is 13.2. The lowest BCUT2D eigenvalue weighted by Crippen LogP contribution is -2.45. The molecule has 6 aliphatic rings. The van der Waals surface area contributed by atoms with Crippen LogP contribution in [0.5, 0.6) is 0 Å². The Bertz CT molecular complexity index is 569. The number of aliphatic carboxylic acids is 1. The zero-order chi connectivity index (χ0) is 14.6. The van der Waals surface area contributed by atoms with Gasteiger partial charge in [0.15, 0.2) is 0 Å². The lowest BCUT2D eigenvalue weighted by atomic mass is 9.53. The predicted molar refractivity (Wildman–Crippen MR) is 83.0 cm³/mol. The van der Waals surface area contributed by atoms with Crippen LogP contribution in [0.3, 0.4) is 0 Å². The summed E-state index contributed by atoms with van der Waals surface area (Å²) in [5.41, 5.74) is 2.18. The Hall–Kier alpha value is -0.790. The van der Waals surface area contributed by atoms with Crippen molar-refractivity contribution in [1.82, 2.24) is 0 Å². The van der Waals surface area contributed by atoms with E-state index in [1.165, 1.54) is 38.5 Å². The van der Waals surface area contributed by atoms with E-state index in [0.717, 1.165) is 42.4 Å². The fourth-order valence-electron chi connectivity index (χ4n) is 8.93. The van der Waals surface area contributed by atoms with Crippen molar-refractivity contribution in [3.05, 3.63) is 11.6 Å². The summed E-state index contributed by atoms with van der Waals surface area (Å²) in [6.07, 6.45) is 13.5. The normalized spacial score (nSPS) is 60.1. The van der Waals surface area contributed by atoms with Gasteiger partial charge >= 0.3 is 5.97 Å². The van der Waals surface area contributed by atoms with E-state index in [9.17, 15) is 9.90 Å². The molecule has 0 radical (unpaired) electrons. The van der Waals surface area contributed by atoms with Gasteiger partial charge in [0.05, 0.1) is 5.92 Å². The van der Waals surface area contributed by atoms with Gasteiger partial charge in [0.2, 0.25) is 0 Å². The maximum absolute atomic E-state index is 11.7. The van der Waals surface area contributed by atoms with Crippen molar-refractivity contribution >= 4 is 5.97 Å². The van der Waals surface area contributed by atoms with E-state index < -0.39 is 5.97 Å². The molecule has 0 aromatic rings. The highest BCUT2D eigenvalue weighted by Gasteiger charge is 2.71. The summed E-state index contributed by atoms with van der Waals surface area (Å²) in [6.45, 7) is 0. The van der Waals surface area contributed by atoms with Gasteiger partial charge in [-0.1, -0.05) is 11.6 Å². The molecule has 2 nitrogen and oxygen atoms in total. The fourth-order valence-corrected chi connectivity index (χ4v) is 8.93. The Morgan fingerprint density at radius 2 is 1.68 bits per heavy atom. The largest absolute Gasteiger partial charge is 0.481 e. The van der Waals surface area contributed by atoms with Crippen LogP contribution in [-0.4, -0.2) is 11.1 Å². The molecular formula is C20H26O2. The Kier molecular flexibility index (Phi) is 2.19. The maximum atomic E-state index is 11.7. The van der Waals surface area contributed by atoms with Gasteiger partial charge in [0.25, 0.3) is 0 Å². The van der Waals surface area contributed by atoms with Gasteiger partial charge < -0.3 is 5.11 Å². The molecule has 0 aromatic heterocycles. The summed E-state index contributed by atoms with van der Waals surface area (Å²) in [6, 6.07) is 0. The van der Waals surface area contributed by atoms with Gasteiger partial charge in [0.1, 0.15) is 0 Å². The number of carboxylic acid groups (broad SMARTS) is 1. The Labute approximate surface area is 132 Å². The number of fused-ring (bicyclic) bond motifs is 11. The Morgan fingerprint density at radius 3 is 2.27 bits per heavy atom. The number of rotatable bonds is 2. The highest BCUT2D eigenvalue weighted by Crippen LogP contribution is 2.78. The van der Waals surface area contributed by atoms with Gasteiger partial charge in [-0.05, 0) is 92.8 Å². The molecule has 5 fully saturated rings. The minimum atomic E-state index is -0.516. The van der Waals surface area contributed by atoms with Crippen molar-refractivity contribution in [3.63, 3.8) is 0 Å². The number of hydrogen-bond donors (Lipinski definition) is 1. The van der Waals surface area contributed by atoms with Crippen LogP contribution in [0.1, 0.15) is 51.4 Å². The smallest absolute Gasteiger partial charge is 0.307 e. The molecule has 6 bridgehead atoms. The van der Waals surface area contributed by atoms with Crippen LogP contribution >= 0.6 is 0 Å². The first-order valence-corrected chi connectivity index (χ1v) is 9.64. The third-order valence-corrected chi connectivity index (χ3v) is 9.10. The molecular weight excluding hydrogens is 272 g/mol. The molecule has 5 saturated carbocycles. The van der Waals surface area contributed by atoms with E-state index in [0.29, 0.717) is 17.3 Å². The molecule has 0 spiro atoms. The van der Waals surface area contributed by atoms with Gasteiger partial charge in [-0.25, -0.2) is 0 Å². The molecule has 6 aliphatic carbocycles. The Balaban J connectivity index is 1.49. The first kappa shape index (κ1) is 12.6. The van der Waals surface area contributed by atoms with Crippen LogP contribution in [0, 0.1) is 52.8 Å². The van der Waals surface area contributed by atoms with E-state index in [1.54, 1.807) is 5.57 Å². The lowest BCUT2D eigenvalue weighted by Gasteiger charge is -2.51. The van der Waals surface area contributed by atoms with Crippen LogP contribution < -0.4 is 0 Å². The van der Waals surface area contributed by atoms with Crippen molar-refractivity contribution in [2.24, 2.45) is 52.8 Å². The Morgan fingerprint density at radius 1 is 1.00 bits per heavy atom. The van der Waals surface area contributed by atoms with Crippen molar-refractivity contribution in [2.75, 3.05) is 0 Å². The second kappa shape index (κ2) is 3.82. The summed E-state index contributed by atoms with van der Waals surface area (Å²) in [5.74, 6) is 5.18. The quantitative estimate of drug-likeness (QED) is 0.615. The first-order valence-electron chi connectivity index (χ1n) is 9.64. The predicted octanol–water partition coefficient (Wildman–Crippen LogP) is 4.12. The SMILES string of the molecule is O=C(O)C1CC2C=C(C34C5CCC(C5)C3C3CCC4C3)C1C2. The van der Waals surface area contributed by atoms with Crippen molar-refractivity contribution in [2.45, 2.75) is 51.4 Å². The molecule has 0 amide bonds. The second-order valence-electron chi connectivity index (χ2n) is 9.40. The highest BCUT2D eigenvalue weighted by atomic mass is 16.4. The van der Waals surface area contributed by atoms with Crippen LogP contribution in [0.25, 0.3) is 0 Å². The number of hydrogen-bond acceptors (Lipinski definition) is 1. The van der Waals surface area contributed by atoms with Crippen LogP contribution in [-0.2, 0) is 4.79 Å². The number of carbonyl (C=O) groups is 1. The minimum Gasteiger partial charge on any atom is -0.481 e. The third-order valence-electron chi connectivity index (χ3n) is 9.10. The molecule has 0 heterocycles. The average molecular weight is 298 g/mol. The molecule has 0 saturated heterocycles. The summed E-state index contributed by atoms with van der Waals surface area (Å²) >= 11 is 0. The van der Waals surface area contributed by atoms with Gasteiger partial charge in [-0.3, -0.25) is 4.79 Å². The van der Waals surface area contributed by atoms with Crippen LogP contribution in [0.15, 0.2) is 11.6 Å². The summed E-state index contributed by atoms with van der Waals surface area (Å²) in [4.78, 5) is 11.7. The van der Waals surface area contributed by atoms with Crippen molar-refractivity contribution in [1.29, 1.82) is 0 Å². The van der Waals surface area contributed by atoms with E-state index >= 15 is 0 Å². The molecule has 7 atom stereocenters. The second-order valence-corrected chi connectivity index (χ2v) is 9.40. The van der Waals surface area contributed by atoms with E-state index in [2.05, 4.69) is 6.08 Å². The average Bonchev–Trinajstić information content (AvgIpc) is 3.32. The minimum absolute atomic E-state index is 0.0571. The highest BCUT2D eigenvalue weighted by molar-refractivity contribution is 5.72. The zero-order valence-electron chi connectivity index (χ0n) is 13.2. The van der Waals surface area contributed by atoms with Crippen molar-refractivity contribution in [3.8, 4) is 0 Å². The fraction of sp³-hybridized carbons (Fsp3) is 0.850. The van der Waals surface area contributed by atoms with Crippen LogP contribution in [0.4, 0.5) is 0 Å². The van der Waals surface area contributed by atoms with E-state index in [-0.39, 0.29) is 5.92 Å². The molecule has 118 valence electrons. The molecule has 7 unspecified atom stereocenters.